The van der Waals surface area contributed by atoms with Gasteiger partial charge in [-0.2, -0.15) is 5.10 Å². The number of aryl methyl sites for hydroxylation is 2. The molecule has 2 aliphatic heterocycles. The number of para-hydroxylation sites is 1. The van der Waals surface area contributed by atoms with E-state index in [1.54, 1.807) is 0 Å². The zero-order chi connectivity index (χ0) is 22.0. The molecule has 2 amide bonds. The molecular weight excluding hydrogens is 460 g/mol. The molecule has 0 saturated carbocycles. The molecule has 3 aromatic rings. The third-order valence-corrected chi connectivity index (χ3v) is 7.67. The van der Waals surface area contributed by atoms with E-state index in [0.717, 1.165) is 28.8 Å². The molecule has 2 fully saturated rings. The number of piperazine rings is 1. The van der Waals surface area contributed by atoms with E-state index < -0.39 is 0 Å². The van der Waals surface area contributed by atoms with Crippen molar-refractivity contribution in [3.63, 3.8) is 0 Å². The monoisotopic (exact) mass is 484 g/mol. The van der Waals surface area contributed by atoms with Crippen molar-refractivity contribution in [3.8, 4) is 0 Å². The molecule has 31 heavy (non-hydrogen) atoms. The normalized spacial score (nSPS) is 21.3. The summed E-state index contributed by atoms with van der Waals surface area (Å²) >= 11 is 3.53. The molecule has 7 nitrogen and oxygen atoms in total. The minimum absolute atomic E-state index is 0.0184. The lowest BCUT2D eigenvalue weighted by Gasteiger charge is -2.35. The van der Waals surface area contributed by atoms with Crippen LogP contribution in [0.5, 0.6) is 0 Å². The van der Waals surface area contributed by atoms with E-state index in [-0.39, 0.29) is 29.8 Å². The number of hydrogen-bond donors (Lipinski definition) is 0. The summed E-state index contributed by atoms with van der Waals surface area (Å²) < 4.78 is 8.38. The van der Waals surface area contributed by atoms with Crippen molar-refractivity contribution >= 4 is 38.7 Å². The van der Waals surface area contributed by atoms with Crippen LogP contribution < -0.4 is 0 Å². The van der Waals surface area contributed by atoms with Gasteiger partial charge in [0, 0.05) is 36.8 Å². The lowest BCUT2D eigenvalue weighted by Crippen LogP contribution is -2.51. The molecule has 4 heterocycles. The van der Waals surface area contributed by atoms with E-state index in [4.69, 9.17) is 4.42 Å². The number of amides is 2. The number of aromatic nitrogens is 2. The molecule has 2 aliphatic rings. The largest absolute Gasteiger partial charge is 0.450 e. The molecule has 3 atom stereocenters. The number of furan rings is 1. The average molecular weight is 485 g/mol. The molecule has 0 N–H and O–H groups in total. The van der Waals surface area contributed by atoms with Gasteiger partial charge in [0.25, 0.3) is 5.91 Å². The van der Waals surface area contributed by atoms with Gasteiger partial charge in [0.1, 0.15) is 5.58 Å². The smallest absolute Gasteiger partial charge is 0.291 e. The number of halogens is 1. The number of rotatable bonds is 3. The second-order valence-electron chi connectivity index (χ2n) is 8.66. The number of fused-ring (bicyclic) bond motifs is 3. The van der Waals surface area contributed by atoms with Gasteiger partial charge in [-0.1, -0.05) is 12.1 Å². The summed E-state index contributed by atoms with van der Waals surface area (Å²) in [6, 6.07) is 7.66. The third kappa shape index (κ3) is 3.03. The Morgan fingerprint density at radius 3 is 2.45 bits per heavy atom. The summed E-state index contributed by atoms with van der Waals surface area (Å²) in [4.78, 5) is 30.4. The number of hydrogen-bond acceptors (Lipinski definition) is 4. The molecular formula is C23H25BrN4O3. The maximum Gasteiger partial charge on any atom is 0.291 e. The molecule has 1 aromatic carbocycles. The molecule has 162 valence electrons. The Hall–Kier alpha value is -2.61. The Bertz CT molecular complexity index is 1210. The van der Waals surface area contributed by atoms with Crippen LogP contribution in [0.3, 0.4) is 0 Å². The molecule has 0 aliphatic carbocycles. The summed E-state index contributed by atoms with van der Waals surface area (Å²) in [5, 5.41) is 5.35. The zero-order valence-electron chi connectivity index (χ0n) is 18.1. The Kier molecular flexibility index (Phi) is 4.73. The molecule has 0 radical (unpaired) electrons. The first-order valence-corrected chi connectivity index (χ1v) is 11.4. The van der Waals surface area contributed by atoms with Crippen LogP contribution in [0, 0.1) is 13.8 Å². The van der Waals surface area contributed by atoms with E-state index >= 15 is 0 Å². The molecule has 5 rings (SSSR count). The SMILES string of the molecule is Cc1nn(C)c(C)c1C(C)C(=O)N1C[C@@H]2C[C@H]1CN2C(=O)c1oc2ccccc2c1Br. The van der Waals surface area contributed by atoms with Gasteiger partial charge in [-0.25, -0.2) is 0 Å². The summed E-state index contributed by atoms with van der Waals surface area (Å²) in [6.07, 6.45) is 0.813. The molecule has 2 bridgehead atoms. The van der Waals surface area contributed by atoms with Gasteiger partial charge in [0.15, 0.2) is 0 Å². The van der Waals surface area contributed by atoms with Crippen LogP contribution in [0.2, 0.25) is 0 Å². The summed E-state index contributed by atoms with van der Waals surface area (Å²) in [5.41, 5.74) is 3.62. The van der Waals surface area contributed by atoms with Gasteiger partial charge >= 0.3 is 0 Å². The predicted molar refractivity (Wildman–Crippen MR) is 120 cm³/mol. The fourth-order valence-electron chi connectivity index (χ4n) is 5.26. The van der Waals surface area contributed by atoms with Gasteiger partial charge in [-0.3, -0.25) is 14.3 Å². The van der Waals surface area contributed by atoms with Crippen molar-refractivity contribution in [2.45, 2.75) is 45.2 Å². The maximum absolute atomic E-state index is 13.3. The molecule has 2 saturated heterocycles. The van der Waals surface area contributed by atoms with E-state index in [2.05, 4.69) is 21.0 Å². The third-order valence-electron chi connectivity index (χ3n) is 6.88. The highest BCUT2D eigenvalue weighted by Gasteiger charge is 2.49. The second-order valence-corrected chi connectivity index (χ2v) is 9.46. The number of nitrogens with zero attached hydrogens (tertiary/aromatic N) is 4. The lowest BCUT2D eigenvalue weighted by molar-refractivity contribution is -0.134. The molecule has 8 heteroatoms. The fourth-order valence-corrected chi connectivity index (χ4v) is 5.83. The minimum Gasteiger partial charge on any atom is -0.450 e. The highest BCUT2D eigenvalue weighted by Crippen LogP contribution is 2.37. The van der Waals surface area contributed by atoms with Crippen molar-refractivity contribution in [1.29, 1.82) is 0 Å². The van der Waals surface area contributed by atoms with Gasteiger partial charge in [0.05, 0.1) is 28.2 Å². The second kappa shape index (κ2) is 7.22. The topological polar surface area (TPSA) is 71.6 Å². The standard InChI is InChI=1S/C23H25BrN4O3/c1-12(19-13(2)25-26(4)14(19)3)22(29)27-10-16-9-15(27)11-28(16)23(30)21-20(24)17-7-5-6-8-18(17)31-21/h5-8,12,15-16H,9-11H2,1-4H3/t12?,15-,16-/m0/s1. The first kappa shape index (κ1) is 20.3. The highest BCUT2D eigenvalue weighted by atomic mass is 79.9. The molecule has 2 aromatic heterocycles. The quantitative estimate of drug-likeness (QED) is 0.567. The Balaban J connectivity index is 1.33. The van der Waals surface area contributed by atoms with Gasteiger partial charge in [-0.05, 0) is 55.3 Å². The van der Waals surface area contributed by atoms with Gasteiger partial charge < -0.3 is 14.2 Å². The van der Waals surface area contributed by atoms with E-state index in [0.29, 0.717) is 28.9 Å². The van der Waals surface area contributed by atoms with E-state index in [9.17, 15) is 9.59 Å². The van der Waals surface area contributed by atoms with E-state index in [1.165, 1.54) is 0 Å². The van der Waals surface area contributed by atoms with Crippen LogP contribution in [0.15, 0.2) is 33.2 Å². The average Bonchev–Trinajstić information content (AvgIpc) is 3.50. The summed E-state index contributed by atoms with van der Waals surface area (Å²) in [6.45, 7) is 7.01. The lowest BCUT2D eigenvalue weighted by atomic mass is 9.97. The van der Waals surface area contributed by atoms with Crippen LogP contribution in [0.25, 0.3) is 11.0 Å². The van der Waals surface area contributed by atoms with Crippen molar-refractivity contribution in [3.05, 3.63) is 51.4 Å². The first-order chi connectivity index (χ1) is 14.8. The highest BCUT2D eigenvalue weighted by molar-refractivity contribution is 9.10. The van der Waals surface area contributed by atoms with Crippen molar-refractivity contribution in [2.75, 3.05) is 13.1 Å². The Morgan fingerprint density at radius 2 is 1.84 bits per heavy atom. The number of benzene rings is 1. The van der Waals surface area contributed by atoms with Crippen LogP contribution in [-0.2, 0) is 11.8 Å². The summed E-state index contributed by atoms with van der Waals surface area (Å²) in [7, 11) is 1.90. The van der Waals surface area contributed by atoms with Crippen LogP contribution in [0.4, 0.5) is 0 Å². The van der Waals surface area contributed by atoms with Crippen molar-refractivity contribution in [2.24, 2.45) is 7.05 Å². The predicted octanol–water partition coefficient (Wildman–Crippen LogP) is 3.77. The van der Waals surface area contributed by atoms with Crippen LogP contribution in [0.1, 0.15) is 46.8 Å². The number of carbonyl (C=O) groups excluding carboxylic acids is 2. The summed E-state index contributed by atoms with van der Waals surface area (Å²) in [5.74, 6) is 0.0849. The number of likely N-dealkylation sites (tertiary alicyclic amines) is 2. The fraction of sp³-hybridized carbons (Fsp3) is 0.435. The number of carbonyl (C=O) groups is 2. The van der Waals surface area contributed by atoms with Gasteiger partial charge in [0.2, 0.25) is 11.7 Å². The maximum atomic E-state index is 13.3. The van der Waals surface area contributed by atoms with Crippen molar-refractivity contribution in [1.82, 2.24) is 19.6 Å². The molecule has 1 unspecified atom stereocenters. The van der Waals surface area contributed by atoms with E-state index in [1.807, 2.05) is 66.6 Å². The van der Waals surface area contributed by atoms with Crippen LogP contribution >= 0.6 is 15.9 Å². The zero-order valence-corrected chi connectivity index (χ0v) is 19.6. The Labute approximate surface area is 189 Å². The van der Waals surface area contributed by atoms with Crippen LogP contribution in [-0.4, -0.2) is 56.6 Å². The first-order valence-electron chi connectivity index (χ1n) is 10.6. The van der Waals surface area contributed by atoms with Gasteiger partial charge in [-0.15, -0.1) is 0 Å². The minimum atomic E-state index is -0.248. The van der Waals surface area contributed by atoms with Crippen molar-refractivity contribution < 1.29 is 14.0 Å². The Morgan fingerprint density at radius 1 is 1.16 bits per heavy atom. The molecule has 0 spiro atoms.